The molecule has 1 aliphatic heterocycles. The molecule has 0 saturated carbocycles. The minimum absolute atomic E-state index is 0.0423. The van der Waals surface area contributed by atoms with Gasteiger partial charge in [0.05, 0.1) is 7.11 Å². The summed E-state index contributed by atoms with van der Waals surface area (Å²) in [5, 5.41) is 12.6. The molecule has 1 amide bonds. The second-order valence-electron chi connectivity index (χ2n) is 9.16. The van der Waals surface area contributed by atoms with Crippen LogP contribution >= 0.6 is 0 Å². The van der Waals surface area contributed by atoms with Gasteiger partial charge in [0.1, 0.15) is 17.4 Å². The quantitative estimate of drug-likeness (QED) is 0.446. The van der Waals surface area contributed by atoms with Crippen molar-refractivity contribution in [3.63, 3.8) is 0 Å². The Kier molecular flexibility index (Phi) is 6.93. The number of hydrogen-bond donors (Lipinski definition) is 1. The van der Waals surface area contributed by atoms with Crippen LogP contribution in [-0.4, -0.2) is 25.1 Å². The van der Waals surface area contributed by atoms with Crippen molar-refractivity contribution in [1.29, 1.82) is 5.26 Å². The Balaban J connectivity index is 2.03. The van der Waals surface area contributed by atoms with Crippen LogP contribution in [0, 0.1) is 18.3 Å². The highest BCUT2D eigenvalue weighted by atomic mass is 16.5. The molecule has 0 radical (unpaired) electrons. The first-order valence-corrected chi connectivity index (χ1v) is 11.2. The predicted octanol–water partition coefficient (Wildman–Crippen LogP) is 6.05. The lowest BCUT2D eigenvalue weighted by molar-refractivity contribution is -0.112. The van der Waals surface area contributed by atoms with Crippen molar-refractivity contribution in [3.05, 3.63) is 58.7 Å². The molecule has 2 aromatic rings. The summed E-state index contributed by atoms with van der Waals surface area (Å²) in [6.07, 6.45) is 3.72. The fourth-order valence-electron chi connectivity index (χ4n) is 4.67. The first kappa shape index (κ1) is 23.4. The Hall–Kier alpha value is -3.26. The third-order valence-corrected chi connectivity index (χ3v) is 6.24. The Morgan fingerprint density at radius 3 is 2.69 bits per heavy atom. The van der Waals surface area contributed by atoms with E-state index in [1.54, 1.807) is 13.2 Å². The number of nitrogens with zero attached hydrogens (tertiary/aromatic N) is 2. The molecule has 5 heteroatoms. The fourth-order valence-corrected chi connectivity index (χ4v) is 4.67. The Morgan fingerprint density at radius 1 is 1.34 bits per heavy atom. The van der Waals surface area contributed by atoms with E-state index in [1.165, 1.54) is 11.3 Å². The molecule has 0 saturated heterocycles. The summed E-state index contributed by atoms with van der Waals surface area (Å²) < 4.78 is 5.69. The number of nitriles is 1. The van der Waals surface area contributed by atoms with E-state index in [9.17, 15) is 10.1 Å². The maximum Gasteiger partial charge on any atom is 0.266 e. The van der Waals surface area contributed by atoms with Gasteiger partial charge in [-0.3, -0.25) is 4.79 Å². The highest BCUT2D eigenvalue weighted by Gasteiger charge is 2.36. The van der Waals surface area contributed by atoms with Gasteiger partial charge in [0, 0.05) is 35.1 Å². The van der Waals surface area contributed by atoms with Gasteiger partial charge in [-0.25, -0.2) is 0 Å². The summed E-state index contributed by atoms with van der Waals surface area (Å²) in [4.78, 5) is 15.3. The number of carbonyl (C=O) groups excluding carboxylic acids is 1. The molecule has 5 nitrogen and oxygen atoms in total. The smallest absolute Gasteiger partial charge is 0.266 e. The van der Waals surface area contributed by atoms with Crippen LogP contribution in [0.25, 0.3) is 6.08 Å². The van der Waals surface area contributed by atoms with E-state index in [0.29, 0.717) is 17.4 Å². The Bertz CT molecular complexity index is 1080. The predicted molar refractivity (Wildman–Crippen MR) is 131 cm³/mol. The lowest BCUT2D eigenvalue weighted by atomic mass is 9.79. The number of rotatable bonds is 6. The third kappa shape index (κ3) is 4.65. The summed E-state index contributed by atoms with van der Waals surface area (Å²) in [5.41, 5.74) is 4.87. The van der Waals surface area contributed by atoms with Crippen LogP contribution in [0.3, 0.4) is 0 Å². The number of amides is 1. The minimum Gasteiger partial charge on any atom is -0.496 e. The van der Waals surface area contributed by atoms with Gasteiger partial charge >= 0.3 is 0 Å². The zero-order valence-electron chi connectivity index (χ0n) is 20.0. The number of aryl methyl sites for hydroxylation is 1. The summed E-state index contributed by atoms with van der Waals surface area (Å²) in [6, 6.07) is 13.7. The van der Waals surface area contributed by atoms with Gasteiger partial charge < -0.3 is 15.0 Å². The zero-order valence-corrected chi connectivity index (χ0v) is 20.0. The Labute approximate surface area is 191 Å². The number of fused-ring (bicyclic) bond motifs is 1. The largest absolute Gasteiger partial charge is 0.496 e. The number of anilines is 2. The van der Waals surface area contributed by atoms with Crippen LogP contribution in [0.5, 0.6) is 5.75 Å². The van der Waals surface area contributed by atoms with Gasteiger partial charge in [0.2, 0.25) is 0 Å². The van der Waals surface area contributed by atoms with Gasteiger partial charge in [0.25, 0.3) is 5.91 Å². The number of benzene rings is 2. The standard InChI is InChI=1S/C27H33N3O2/c1-7-12-30-24-15-25(32-6)20(14-22(24)19(3)16-27(30,4)5)13-21(17-28)26(31)29-23-11-9-8-10-18(23)2/h8-11,13-15,19H,7,12,16H2,1-6H3,(H,29,31)/b21-13+. The lowest BCUT2D eigenvalue weighted by Crippen LogP contribution is -2.48. The average molecular weight is 432 g/mol. The molecule has 1 heterocycles. The van der Waals surface area contributed by atoms with Gasteiger partial charge in [-0.15, -0.1) is 0 Å². The molecular weight excluding hydrogens is 398 g/mol. The molecule has 0 aromatic heterocycles. The third-order valence-electron chi connectivity index (χ3n) is 6.24. The molecule has 0 fully saturated rings. The van der Waals surface area contributed by atoms with Gasteiger partial charge in [0.15, 0.2) is 0 Å². The molecule has 0 spiro atoms. The molecule has 1 aliphatic rings. The van der Waals surface area contributed by atoms with Crippen molar-refractivity contribution >= 4 is 23.4 Å². The molecular formula is C27H33N3O2. The van der Waals surface area contributed by atoms with E-state index in [-0.39, 0.29) is 11.1 Å². The summed E-state index contributed by atoms with van der Waals surface area (Å²) in [5.74, 6) is 0.590. The van der Waals surface area contributed by atoms with E-state index in [4.69, 9.17) is 4.74 Å². The lowest BCUT2D eigenvalue weighted by Gasteiger charge is -2.47. The fraction of sp³-hybridized carbons (Fsp3) is 0.407. The molecule has 1 unspecified atom stereocenters. The second-order valence-corrected chi connectivity index (χ2v) is 9.16. The number of carbonyl (C=O) groups is 1. The highest BCUT2D eigenvalue weighted by molar-refractivity contribution is 6.10. The minimum atomic E-state index is -0.427. The van der Waals surface area contributed by atoms with Gasteiger partial charge in [-0.05, 0) is 68.9 Å². The summed E-state index contributed by atoms with van der Waals surface area (Å²) >= 11 is 0. The maximum absolute atomic E-state index is 12.8. The molecule has 0 aliphatic carbocycles. The van der Waals surface area contributed by atoms with Crippen molar-refractivity contribution in [1.82, 2.24) is 0 Å². The van der Waals surface area contributed by atoms with Crippen molar-refractivity contribution in [2.75, 3.05) is 23.9 Å². The molecule has 1 atom stereocenters. The van der Waals surface area contributed by atoms with Crippen molar-refractivity contribution in [2.45, 2.75) is 58.9 Å². The summed E-state index contributed by atoms with van der Waals surface area (Å²) in [7, 11) is 1.63. The molecule has 1 N–H and O–H groups in total. The first-order valence-electron chi connectivity index (χ1n) is 11.2. The van der Waals surface area contributed by atoms with E-state index in [1.807, 2.05) is 31.2 Å². The normalized spacial score (nSPS) is 17.3. The van der Waals surface area contributed by atoms with Crippen LogP contribution in [0.4, 0.5) is 11.4 Å². The monoisotopic (exact) mass is 431 g/mol. The number of ether oxygens (including phenoxy) is 1. The first-order chi connectivity index (χ1) is 15.2. The van der Waals surface area contributed by atoms with Crippen molar-refractivity contribution < 1.29 is 9.53 Å². The number of hydrogen-bond acceptors (Lipinski definition) is 4. The SMILES string of the molecule is CCCN1c2cc(OC)c(/C=C(\C#N)C(=O)Nc3ccccc3C)cc2C(C)CC1(C)C. The number of nitrogens with one attached hydrogen (secondary N) is 1. The molecule has 3 rings (SSSR count). The maximum atomic E-state index is 12.8. The average Bonchev–Trinajstić information content (AvgIpc) is 2.75. The molecule has 32 heavy (non-hydrogen) atoms. The van der Waals surface area contributed by atoms with Gasteiger partial charge in [-0.2, -0.15) is 5.26 Å². The van der Waals surface area contributed by atoms with Crippen LogP contribution in [-0.2, 0) is 4.79 Å². The molecule has 168 valence electrons. The zero-order chi connectivity index (χ0) is 23.5. The van der Waals surface area contributed by atoms with Crippen LogP contribution in [0.2, 0.25) is 0 Å². The topological polar surface area (TPSA) is 65.4 Å². The van der Waals surface area contributed by atoms with Crippen LogP contribution < -0.4 is 15.0 Å². The van der Waals surface area contributed by atoms with E-state index < -0.39 is 5.91 Å². The van der Waals surface area contributed by atoms with E-state index >= 15 is 0 Å². The second kappa shape index (κ2) is 9.48. The van der Waals surface area contributed by atoms with E-state index in [0.717, 1.165) is 30.5 Å². The molecule has 2 aromatic carbocycles. The van der Waals surface area contributed by atoms with Crippen molar-refractivity contribution in [3.8, 4) is 11.8 Å². The van der Waals surface area contributed by atoms with Crippen LogP contribution in [0.15, 0.2) is 42.0 Å². The molecule has 0 bridgehead atoms. The summed E-state index contributed by atoms with van der Waals surface area (Å²) in [6.45, 7) is 11.9. The Morgan fingerprint density at radius 2 is 2.06 bits per heavy atom. The number of para-hydroxylation sites is 1. The number of methoxy groups -OCH3 is 1. The van der Waals surface area contributed by atoms with E-state index in [2.05, 4.69) is 56.1 Å². The van der Waals surface area contributed by atoms with Crippen molar-refractivity contribution in [2.24, 2.45) is 0 Å². The van der Waals surface area contributed by atoms with Gasteiger partial charge in [-0.1, -0.05) is 32.0 Å². The van der Waals surface area contributed by atoms with Crippen LogP contribution in [0.1, 0.15) is 63.1 Å². The highest BCUT2D eigenvalue weighted by Crippen LogP contribution is 2.46.